The third-order valence-electron chi connectivity index (χ3n) is 22.4. The van der Waals surface area contributed by atoms with Gasteiger partial charge in [0, 0.05) is 68.4 Å². The van der Waals surface area contributed by atoms with Gasteiger partial charge in [-0.15, -0.1) is 0 Å². The molecule has 0 radical (unpaired) electrons. The van der Waals surface area contributed by atoms with Gasteiger partial charge in [0.1, 0.15) is 15.6 Å². The number of ether oxygens (including phenoxy) is 2. The number of nitrogens with zero attached hydrogens (tertiary/aromatic N) is 4. The first-order valence-electron chi connectivity index (χ1n) is 47.8. The normalized spacial score (nSPS) is 13.4. The molecule has 13 nitrogen and oxygen atoms in total. The molecule has 3 fully saturated rings. The summed E-state index contributed by atoms with van der Waals surface area (Å²) in [5.41, 5.74) is 6.30. The van der Waals surface area contributed by atoms with E-state index in [0.29, 0.717) is 18.2 Å². The van der Waals surface area contributed by atoms with Crippen molar-refractivity contribution in [3.05, 3.63) is 421 Å². The van der Waals surface area contributed by atoms with E-state index in [0.717, 1.165) is 45.2 Å². The maximum Gasteiger partial charge on any atom is 0.412 e. The van der Waals surface area contributed by atoms with Crippen molar-refractivity contribution in [2.45, 2.75) is 201 Å². The van der Waals surface area contributed by atoms with Crippen LogP contribution in [0.25, 0.3) is 4.13 Å². The number of benzene rings is 14. The summed E-state index contributed by atoms with van der Waals surface area (Å²) in [6.07, 6.45) is 11.6. The third-order valence-corrected chi connectivity index (χ3v) is 34.7. The molecule has 17 rings (SSSR count). The van der Waals surface area contributed by atoms with Gasteiger partial charge in [-0.25, -0.2) is 21.6 Å². The standard InChI is InChI=1S/C19H31N2O6S2.3C19H17S.C18H15S.C12H17N.C6H14N2.C6H13NO/c1-5-6-7-8-9-10-15-28(23,24)21-29(25,26)17-13-11-16(12-14-17)20-18(22)27-19(2,3)4;3*1-16-12-14-19(15-13-16)20(17-8-4-2-5-9-17)18-10-6-3-7-11-18;1-4-10-16(11-5-1)19(17-12-6-2-7-13-17)18-14-8-3-9-15-18;1-11-5-7-12(8-6-11)13-9-3-2-4-10-13;1-7-3-5-8(2)6-4-7;1-8-6-2-4-7-5-3-6/h11-14H,5-10,15H2,1-4H3,(H,20,22);3*2-15H,1H3;1-15H;5-8H,2-4,9-10H2,1H3;3-6H2,1-2H3;6-7H,2-5H2,1H3/q-1;4*+1;;;. The Labute approximate surface area is 832 Å². The molecule has 0 unspecified atom stereocenters. The van der Waals surface area contributed by atoms with Crippen molar-refractivity contribution < 1.29 is 31.1 Å². The summed E-state index contributed by atoms with van der Waals surface area (Å²) in [6.45, 7) is 25.4. The summed E-state index contributed by atoms with van der Waals surface area (Å²) in [6, 6.07) is 137. The highest BCUT2D eigenvalue weighted by Crippen LogP contribution is 2.36. The number of unbranched alkanes of at least 4 members (excludes halogenated alkanes) is 5. The lowest BCUT2D eigenvalue weighted by molar-refractivity contribution is 0.0635. The Kier molecular flexibility index (Phi) is 46.5. The van der Waals surface area contributed by atoms with E-state index in [1.165, 1.54) is 182 Å². The number of carbonyl (C=O) groups is 1. The molecule has 0 aromatic heterocycles. The van der Waals surface area contributed by atoms with Crippen molar-refractivity contribution in [1.82, 2.24) is 15.1 Å². The monoisotopic (exact) mass is 1950 g/mol. The van der Waals surface area contributed by atoms with E-state index < -0.39 is 31.7 Å². The molecular formula is C118H141N6O7S6+3. The first kappa shape index (κ1) is 108. The molecule has 3 aliphatic heterocycles. The molecule has 19 heteroatoms. The molecular weight excluding hydrogens is 1810 g/mol. The molecule has 3 heterocycles. The van der Waals surface area contributed by atoms with Gasteiger partial charge < -0.3 is 33.6 Å². The lowest BCUT2D eigenvalue weighted by atomic mass is 10.1. The average molecular weight is 1950 g/mol. The topological polar surface area (TPSA) is 152 Å². The highest BCUT2D eigenvalue weighted by molar-refractivity contribution is 8.12. The van der Waals surface area contributed by atoms with Crippen LogP contribution in [0, 0.1) is 27.7 Å². The van der Waals surface area contributed by atoms with Gasteiger partial charge in [-0.1, -0.05) is 274 Å². The largest absolute Gasteiger partial charge is 0.444 e. The summed E-state index contributed by atoms with van der Waals surface area (Å²) >= 11 is 0. The number of amides is 1. The van der Waals surface area contributed by atoms with Crippen molar-refractivity contribution in [1.29, 1.82) is 0 Å². The van der Waals surface area contributed by atoms with Crippen LogP contribution >= 0.6 is 0 Å². The second kappa shape index (κ2) is 58.9. The fourth-order valence-electron chi connectivity index (χ4n) is 14.9. The number of nitrogens with one attached hydrogen (secondary N) is 2. The number of piperazine rings is 1. The first-order chi connectivity index (χ1) is 66.4. The molecule has 14 aromatic carbocycles. The average Bonchev–Trinajstić information content (AvgIpc) is 0.821. The number of hydrogen-bond acceptors (Lipinski definition) is 11. The zero-order valence-corrected chi connectivity index (χ0v) is 86.7. The van der Waals surface area contributed by atoms with Crippen LogP contribution in [0.15, 0.2) is 458 Å². The van der Waals surface area contributed by atoms with Crippen LogP contribution in [0.1, 0.15) is 121 Å². The second-order valence-corrected chi connectivity index (χ2v) is 46.6. The van der Waals surface area contributed by atoms with Crippen LogP contribution in [0.3, 0.4) is 0 Å². The Balaban J connectivity index is 0.000000166. The number of anilines is 2. The van der Waals surface area contributed by atoms with Crippen LogP contribution in [-0.2, 0) is 73.1 Å². The van der Waals surface area contributed by atoms with Crippen LogP contribution in [0.4, 0.5) is 16.2 Å². The second-order valence-electron chi connectivity index (χ2n) is 34.9. The Morgan fingerprint density at radius 3 is 0.905 bits per heavy atom. The molecule has 0 atom stereocenters. The summed E-state index contributed by atoms with van der Waals surface area (Å²) in [7, 11) is -2.38. The maximum atomic E-state index is 12.3. The number of piperidine rings is 2. The fraction of sp³-hybridized carbons (Fsp3) is 0.280. The van der Waals surface area contributed by atoms with Gasteiger partial charge >= 0.3 is 6.09 Å². The summed E-state index contributed by atoms with van der Waals surface area (Å²) in [5, 5.41) is 5.74. The maximum absolute atomic E-state index is 12.3. The minimum atomic E-state index is -4.35. The van der Waals surface area contributed by atoms with Crippen LogP contribution < -0.4 is 15.5 Å². The first-order valence-corrected chi connectivity index (χ1v) is 55.7. The Morgan fingerprint density at radius 2 is 0.635 bits per heavy atom. The van der Waals surface area contributed by atoms with Crippen molar-refractivity contribution in [3.63, 3.8) is 0 Å². The Bertz CT molecular complexity index is 5360. The number of methoxy groups -OCH3 is 1. The summed E-state index contributed by atoms with van der Waals surface area (Å²) < 4.78 is 62.0. The number of rotatable bonds is 25. The molecule has 3 saturated heterocycles. The minimum Gasteiger partial charge on any atom is -0.444 e. The van der Waals surface area contributed by atoms with Gasteiger partial charge in [-0.2, -0.15) is 0 Å². The smallest absolute Gasteiger partial charge is 0.412 e. The SMILES string of the molecule is CCCCCCCCS(=O)(=O)[N-]S(=O)(=O)c1ccc(NC(=O)OC(C)(C)C)cc1.CN1CCN(C)CC1.COC1CCNCC1.Cc1ccc(N2CCCCC2)cc1.Cc1ccc([S+](c2ccccc2)c2ccccc2)cc1.Cc1ccc([S+](c2ccccc2)c2ccccc2)cc1.Cc1ccc([S+](c2ccccc2)c2ccccc2)cc1.c1ccc([S+](c2ccccc2)c2ccccc2)cc1. The zero-order chi connectivity index (χ0) is 97.3. The third kappa shape index (κ3) is 38.9. The fourth-order valence-corrected chi connectivity index (χ4v) is 26.2. The van der Waals surface area contributed by atoms with Gasteiger partial charge in [-0.05, 0) is 296 Å². The molecule has 14 aromatic rings. The van der Waals surface area contributed by atoms with Gasteiger partial charge in [0.05, 0.1) is 59.7 Å². The van der Waals surface area contributed by atoms with Gasteiger partial charge in [-0.3, -0.25) is 5.32 Å². The number of carbonyl (C=O) groups excluding carboxylic acids is 1. The number of aryl methyl sites for hydroxylation is 4. The summed E-state index contributed by atoms with van der Waals surface area (Å²) in [4.78, 5) is 35.0. The zero-order valence-electron chi connectivity index (χ0n) is 81.8. The molecule has 0 aliphatic carbocycles. The van der Waals surface area contributed by atoms with Gasteiger partial charge in [0.25, 0.3) is 0 Å². The van der Waals surface area contributed by atoms with E-state index >= 15 is 0 Å². The minimum absolute atomic E-state index is 0.0146. The molecule has 0 spiro atoms. The molecule has 3 aliphatic rings. The molecule has 137 heavy (non-hydrogen) atoms. The predicted molar refractivity (Wildman–Crippen MR) is 579 cm³/mol. The predicted octanol–water partition coefficient (Wildman–Crippen LogP) is 28.1. The molecule has 718 valence electrons. The van der Waals surface area contributed by atoms with E-state index in [9.17, 15) is 21.6 Å². The van der Waals surface area contributed by atoms with Crippen LogP contribution in [-0.4, -0.2) is 124 Å². The van der Waals surface area contributed by atoms with Crippen LogP contribution in [0.5, 0.6) is 0 Å². The lowest BCUT2D eigenvalue weighted by Gasteiger charge is -2.28. The van der Waals surface area contributed by atoms with Crippen molar-refractivity contribution in [2.24, 2.45) is 0 Å². The molecule has 0 saturated carbocycles. The van der Waals surface area contributed by atoms with E-state index in [1.54, 1.807) is 27.9 Å². The lowest BCUT2D eigenvalue weighted by Crippen LogP contribution is -2.42. The van der Waals surface area contributed by atoms with Gasteiger partial charge in [0.2, 0.25) is 0 Å². The van der Waals surface area contributed by atoms with Crippen molar-refractivity contribution in [3.8, 4) is 0 Å². The number of hydrogen-bond donors (Lipinski definition) is 2. The number of likely N-dealkylation sites (N-methyl/N-ethyl adjacent to an activating group) is 2. The Morgan fingerprint density at radius 1 is 0.365 bits per heavy atom. The highest BCUT2D eigenvalue weighted by Gasteiger charge is 2.32. The van der Waals surface area contributed by atoms with E-state index in [-0.39, 0.29) is 54.2 Å². The van der Waals surface area contributed by atoms with E-state index in [4.69, 9.17) is 9.47 Å². The Hall–Kier alpha value is -10.8. The molecule has 2 N–H and O–H groups in total. The van der Waals surface area contributed by atoms with Crippen molar-refractivity contribution >= 4 is 81.1 Å². The highest BCUT2D eigenvalue weighted by atomic mass is 32.3. The molecule has 1 amide bonds. The van der Waals surface area contributed by atoms with E-state index in [2.05, 4.69) is 448 Å². The van der Waals surface area contributed by atoms with Crippen molar-refractivity contribution in [2.75, 3.05) is 89.5 Å². The van der Waals surface area contributed by atoms with Gasteiger partial charge in [0.15, 0.2) is 58.7 Å². The summed E-state index contributed by atoms with van der Waals surface area (Å²) in [5.74, 6) is -0.295. The quantitative estimate of drug-likeness (QED) is 0.0415. The number of sulfonamides is 2. The molecule has 0 bridgehead atoms. The van der Waals surface area contributed by atoms with E-state index in [1.807, 2.05) is 0 Å². The van der Waals surface area contributed by atoms with Crippen LogP contribution in [0.2, 0.25) is 0 Å².